The molecule has 1 amide bonds. The predicted molar refractivity (Wildman–Crippen MR) is 125 cm³/mol. The average Bonchev–Trinajstić information content (AvgIpc) is 3.19. The first-order chi connectivity index (χ1) is 15.7. The van der Waals surface area contributed by atoms with E-state index in [4.69, 9.17) is 9.47 Å². The summed E-state index contributed by atoms with van der Waals surface area (Å²) in [6, 6.07) is 21.5. The number of methoxy groups -OCH3 is 1. The summed E-state index contributed by atoms with van der Waals surface area (Å²) < 4.78 is 13.2. The van der Waals surface area contributed by atoms with Gasteiger partial charge in [0.2, 0.25) is 0 Å². The largest absolute Gasteiger partial charge is 0.497 e. The summed E-state index contributed by atoms with van der Waals surface area (Å²) in [4.78, 5) is 17.5. The van der Waals surface area contributed by atoms with Gasteiger partial charge in [0, 0.05) is 36.8 Å². The minimum Gasteiger partial charge on any atom is -0.497 e. The standard InChI is InChI=1S/C26H27N3O3/c1-3-32-25-12-7-11-23-22(25)17-24(26(30)28-15-13-20-9-4-5-14-27-20)29(23)18-19-8-6-10-21(16-19)31-2/h4-12,14,16-17H,3,13,15,18H2,1-2H3,(H,28,30). The number of rotatable bonds is 9. The number of hydrogen-bond acceptors (Lipinski definition) is 4. The molecule has 164 valence electrons. The molecule has 0 aliphatic carbocycles. The molecule has 0 unspecified atom stereocenters. The summed E-state index contributed by atoms with van der Waals surface area (Å²) in [7, 11) is 1.65. The number of nitrogens with one attached hydrogen (secondary N) is 1. The van der Waals surface area contributed by atoms with Gasteiger partial charge in [-0.25, -0.2) is 0 Å². The van der Waals surface area contributed by atoms with Crippen LogP contribution in [0, 0.1) is 0 Å². The molecule has 0 spiro atoms. The summed E-state index contributed by atoms with van der Waals surface area (Å²) in [6.45, 7) is 3.57. The van der Waals surface area contributed by atoms with Crippen LogP contribution >= 0.6 is 0 Å². The van der Waals surface area contributed by atoms with Gasteiger partial charge in [0.05, 0.1) is 19.2 Å². The van der Waals surface area contributed by atoms with Crippen molar-refractivity contribution in [3.05, 3.63) is 89.9 Å². The van der Waals surface area contributed by atoms with Crippen molar-refractivity contribution < 1.29 is 14.3 Å². The first kappa shape index (κ1) is 21.4. The van der Waals surface area contributed by atoms with Crippen LogP contribution in [0.25, 0.3) is 10.9 Å². The molecule has 0 bridgehead atoms. The minimum absolute atomic E-state index is 0.123. The van der Waals surface area contributed by atoms with E-state index in [1.807, 2.05) is 78.2 Å². The molecule has 4 aromatic rings. The first-order valence-corrected chi connectivity index (χ1v) is 10.8. The lowest BCUT2D eigenvalue weighted by atomic mass is 10.2. The van der Waals surface area contributed by atoms with Crippen molar-refractivity contribution >= 4 is 16.8 Å². The number of ether oxygens (including phenoxy) is 2. The zero-order valence-corrected chi connectivity index (χ0v) is 18.4. The van der Waals surface area contributed by atoms with Crippen molar-refractivity contribution in [2.45, 2.75) is 19.9 Å². The van der Waals surface area contributed by atoms with Crippen LogP contribution in [0.4, 0.5) is 0 Å². The Bertz CT molecular complexity index is 1200. The Morgan fingerprint density at radius 3 is 2.72 bits per heavy atom. The van der Waals surface area contributed by atoms with E-state index < -0.39 is 0 Å². The van der Waals surface area contributed by atoms with E-state index in [0.717, 1.165) is 33.7 Å². The zero-order valence-electron chi connectivity index (χ0n) is 18.4. The number of carbonyl (C=O) groups excluding carboxylic acids is 1. The number of hydrogen-bond donors (Lipinski definition) is 1. The van der Waals surface area contributed by atoms with E-state index in [0.29, 0.717) is 31.8 Å². The molecule has 1 N–H and O–H groups in total. The SMILES string of the molecule is CCOc1cccc2c1cc(C(=O)NCCc1ccccn1)n2Cc1cccc(OC)c1. The van der Waals surface area contributed by atoms with E-state index in [-0.39, 0.29) is 5.91 Å². The lowest BCUT2D eigenvalue weighted by molar-refractivity contribution is 0.0945. The fourth-order valence-electron chi connectivity index (χ4n) is 3.79. The van der Waals surface area contributed by atoms with E-state index in [2.05, 4.69) is 10.3 Å². The highest BCUT2D eigenvalue weighted by Crippen LogP contribution is 2.30. The molecule has 2 aromatic carbocycles. The zero-order chi connectivity index (χ0) is 22.3. The minimum atomic E-state index is -0.123. The highest BCUT2D eigenvalue weighted by molar-refractivity contribution is 6.00. The molecule has 0 fully saturated rings. The maximum absolute atomic E-state index is 13.2. The molecule has 6 heteroatoms. The van der Waals surface area contributed by atoms with Gasteiger partial charge in [0.15, 0.2) is 0 Å². The number of fused-ring (bicyclic) bond motifs is 1. The van der Waals surface area contributed by atoms with E-state index >= 15 is 0 Å². The molecule has 0 saturated carbocycles. The monoisotopic (exact) mass is 429 g/mol. The number of pyridine rings is 1. The molecule has 0 radical (unpaired) electrons. The van der Waals surface area contributed by atoms with Crippen molar-refractivity contribution in [2.24, 2.45) is 0 Å². The van der Waals surface area contributed by atoms with Crippen LogP contribution in [0.5, 0.6) is 11.5 Å². The lowest BCUT2D eigenvalue weighted by Gasteiger charge is -2.12. The Labute approximate surface area is 187 Å². The average molecular weight is 430 g/mol. The van der Waals surface area contributed by atoms with Crippen molar-refractivity contribution in [1.82, 2.24) is 14.9 Å². The number of carbonyl (C=O) groups is 1. The highest BCUT2D eigenvalue weighted by Gasteiger charge is 2.18. The molecular formula is C26H27N3O3. The third kappa shape index (κ3) is 4.75. The third-order valence-electron chi connectivity index (χ3n) is 5.31. The summed E-state index contributed by atoms with van der Waals surface area (Å²) in [5.41, 5.74) is 3.54. The Morgan fingerprint density at radius 1 is 1.06 bits per heavy atom. The maximum atomic E-state index is 13.2. The van der Waals surface area contributed by atoms with Crippen LogP contribution in [0.2, 0.25) is 0 Å². The van der Waals surface area contributed by atoms with Gasteiger partial charge in [0.25, 0.3) is 5.91 Å². The van der Waals surface area contributed by atoms with E-state index in [9.17, 15) is 4.79 Å². The number of amides is 1. The Hall–Kier alpha value is -3.80. The van der Waals surface area contributed by atoms with Crippen molar-refractivity contribution in [2.75, 3.05) is 20.3 Å². The van der Waals surface area contributed by atoms with Gasteiger partial charge >= 0.3 is 0 Å². The predicted octanol–water partition coefficient (Wildman–Crippen LogP) is 4.46. The number of aromatic nitrogens is 2. The molecule has 6 nitrogen and oxygen atoms in total. The fourth-order valence-corrected chi connectivity index (χ4v) is 3.79. The maximum Gasteiger partial charge on any atom is 0.267 e. The summed E-state index contributed by atoms with van der Waals surface area (Å²) in [5.74, 6) is 1.44. The molecule has 32 heavy (non-hydrogen) atoms. The van der Waals surface area contributed by atoms with E-state index in [1.165, 1.54) is 0 Å². The normalized spacial score (nSPS) is 10.8. The Balaban J connectivity index is 1.65. The second-order valence-electron chi connectivity index (χ2n) is 7.42. The Kier molecular flexibility index (Phi) is 6.70. The molecule has 0 saturated heterocycles. The third-order valence-corrected chi connectivity index (χ3v) is 5.31. The van der Waals surface area contributed by atoms with Crippen LogP contribution < -0.4 is 14.8 Å². The summed E-state index contributed by atoms with van der Waals surface area (Å²) >= 11 is 0. The Morgan fingerprint density at radius 2 is 1.94 bits per heavy atom. The quantitative estimate of drug-likeness (QED) is 0.427. The van der Waals surface area contributed by atoms with Gasteiger partial charge in [-0.15, -0.1) is 0 Å². The van der Waals surface area contributed by atoms with E-state index in [1.54, 1.807) is 13.3 Å². The number of benzene rings is 2. The highest BCUT2D eigenvalue weighted by atomic mass is 16.5. The molecular weight excluding hydrogens is 402 g/mol. The topological polar surface area (TPSA) is 65.4 Å². The smallest absolute Gasteiger partial charge is 0.267 e. The molecule has 4 rings (SSSR count). The summed E-state index contributed by atoms with van der Waals surface area (Å²) in [6.07, 6.45) is 2.44. The van der Waals surface area contributed by atoms with Crippen LogP contribution in [0.15, 0.2) is 72.9 Å². The fraction of sp³-hybridized carbons (Fsp3) is 0.231. The lowest BCUT2D eigenvalue weighted by Crippen LogP contribution is -2.28. The molecule has 2 heterocycles. The van der Waals surface area contributed by atoms with Crippen LogP contribution in [-0.4, -0.2) is 35.7 Å². The van der Waals surface area contributed by atoms with Gasteiger partial charge in [0.1, 0.15) is 17.2 Å². The van der Waals surface area contributed by atoms with Crippen LogP contribution in [-0.2, 0) is 13.0 Å². The van der Waals surface area contributed by atoms with Gasteiger partial charge in [-0.1, -0.05) is 24.3 Å². The molecule has 2 aromatic heterocycles. The van der Waals surface area contributed by atoms with Crippen LogP contribution in [0.1, 0.15) is 28.7 Å². The van der Waals surface area contributed by atoms with Gasteiger partial charge in [-0.3, -0.25) is 9.78 Å². The van der Waals surface area contributed by atoms with Crippen LogP contribution in [0.3, 0.4) is 0 Å². The van der Waals surface area contributed by atoms with Gasteiger partial charge in [-0.05, 0) is 55.0 Å². The first-order valence-electron chi connectivity index (χ1n) is 10.8. The summed E-state index contributed by atoms with van der Waals surface area (Å²) in [5, 5.41) is 3.97. The van der Waals surface area contributed by atoms with Gasteiger partial charge in [-0.2, -0.15) is 0 Å². The van der Waals surface area contributed by atoms with Crippen molar-refractivity contribution in [1.29, 1.82) is 0 Å². The second kappa shape index (κ2) is 10.0. The number of nitrogens with zero attached hydrogens (tertiary/aromatic N) is 2. The van der Waals surface area contributed by atoms with Gasteiger partial charge < -0.3 is 19.4 Å². The molecule has 0 atom stereocenters. The van der Waals surface area contributed by atoms with Crippen molar-refractivity contribution in [3.63, 3.8) is 0 Å². The second-order valence-corrected chi connectivity index (χ2v) is 7.42. The molecule has 0 aliphatic heterocycles. The van der Waals surface area contributed by atoms with Crippen molar-refractivity contribution in [3.8, 4) is 11.5 Å². The molecule has 0 aliphatic rings.